The van der Waals surface area contributed by atoms with Crippen LogP contribution in [0.3, 0.4) is 0 Å². The van der Waals surface area contributed by atoms with Crippen LogP contribution in [-0.2, 0) is 24.4 Å². The number of ketones is 1. The van der Waals surface area contributed by atoms with Gasteiger partial charge in [-0.2, -0.15) is 4.98 Å². The number of aliphatic hydroxyl groups excluding tert-OH is 1. The van der Waals surface area contributed by atoms with E-state index in [1.54, 1.807) is 17.9 Å². The van der Waals surface area contributed by atoms with Gasteiger partial charge in [0, 0.05) is 77.7 Å². The molecule has 2 N–H and O–H groups in total. The van der Waals surface area contributed by atoms with E-state index in [4.69, 9.17) is 14.1 Å². The van der Waals surface area contributed by atoms with Gasteiger partial charge in [-0.3, -0.25) is 14.5 Å². The number of hydrogen-bond donors (Lipinski definition) is 2. The van der Waals surface area contributed by atoms with Crippen LogP contribution in [0.5, 0.6) is 5.88 Å². The van der Waals surface area contributed by atoms with Crippen LogP contribution in [0.4, 0.5) is 11.8 Å². The highest BCUT2D eigenvalue weighted by molar-refractivity contribution is 5.95. The van der Waals surface area contributed by atoms with Crippen molar-refractivity contribution in [2.24, 2.45) is 0 Å². The number of nitrogens with zero attached hydrogens (tertiary/aromatic N) is 7. The molecule has 6 rings (SSSR count). The van der Waals surface area contributed by atoms with Gasteiger partial charge in [-0.25, -0.2) is 15.0 Å². The first kappa shape index (κ1) is 30.9. The molecule has 0 spiro atoms. The third-order valence-electron chi connectivity index (χ3n) is 8.79. The molecular weight excluding hydrogens is 576 g/mol. The van der Waals surface area contributed by atoms with Gasteiger partial charge in [0.05, 0.1) is 23.5 Å². The van der Waals surface area contributed by atoms with Crippen molar-refractivity contribution in [1.82, 2.24) is 29.7 Å². The lowest BCUT2D eigenvalue weighted by Crippen LogP contribution is -2.56. The molecule has 1 unspecified atom stereocenters. The lowest BCUT2D eigenvalue weighted by atomic mass is 10.0. The second-order valence-electron chi connectivity index (χ2n) is 12.3. The lowest BCUT2D eigenvalue weighted by molar-refractivity contribution is -0.132. The number of anilines is 2. The predicted octanol–water partition coefficient (Wildman–Crippen LogP) is 2.76. The number of fused-ring (bicyclic) bond motifs is 1. The van der Waals surface area contributed by atoms with Crippen LogP contribution in [0.1, 0.15) is 72.2 Å². The molecule has 0 bridgehead atoms. The van der Waals surface area contributed by atoms with Gasteiger partial charge in [-0.15, -0.1) is 0 Å². The second kappa shape index (κ2) is 13.9. The van der Waals surface area contributed by atoms with E-state index in [-0.39, 0.29) is 30.8 Å². The maximum atomic E-state index is 13.3. The number of piperidine rings is 1. The number of β-amino-alcohol motifs (C(OH)–C–C–N with tert-alkyl or cyclic N) is 1. The molecule has 3 aromatic heterocycles. The molecule has 0 saturated carbocycles. The van der Waals surface area contributed by atoms with Crippen LogP contribution in [0.2, 0.25) is 0 Å². The van der Waals surface area contributed by atoms with Crippen molar-refractivity contribution < 1.29 is 23.8 Å². The fraction of sp³-hybridized carbons (Fsp3) is 0.562. The summed E-state index contributed by atoms with van der Waals surface area (Å²) >= 11 is 0. The van der Waals surface area contributed by atoms with Crippen LogP contribution >= 0.6 is 0 Å². The van der Waals surface area contributed by atoms with Gasteiger partial charge in [-0.1, -0.05) is 6.07 Å². The Bertz CT molecular complexity index is 1500. The number of carbonyl (C=O) groups excluding carboxylic acids is 2. The first-order valence-electron chi connectivity index (χ1n) is 15.9. The summed E-state index contributed by atoms with van der Waals surface area (Å²) in [6.07, 6.45) is 5.37. The Balaban J connectivity index is 1.02. The minimum atomic E-state index is -0.648. The van der Waals surface area contributed by atoms with Gasteiger partial charge in [0.1, 0.15) is 18.1 Å². The van der Waals surface area contributed by atoms with Crippen LogP contribution in [0, 0.1) is 6.92 Å². The topological polar surface area (TPSA) is 150 Å². The molecular formula is C32H42N8O5. The number of ether oxygens (including phenoxy) is 1. The number of carbonyl (C=O) groups is 2. The fourth-order valence-corrected chi connectivity index (χ4v) is 6.03. The molecule has 0 aromatic carbocycles. The molecule has 1 atom stereocenters. The molecule has 6 heterocycles. The molecule has 2 saturated heterocycles. The van der Waals surface area contributed by atoms with E-state index in [1.165, 1.54) is 12.8 Å². The number of rotatable bonds is 12. The third kappa shape index (κ3) is 7.77. The fourth-order valence-electron chi connectivity index (χ4n) is 6.03. The Kier molecular flexibility index (Phi) is 9.55. The first-order valence-corrected chi connectivity index (χ1v) is 15.9. The second-order valence-corrected chi connectivity index (χ2v) is 12.3. The SMILES string of the molecule is CC(=O)N1CC(Nc2cc(C(=O)CCC(O)CN3CCc4nc(OCc5ocnc5C)ccc4C3)nc(N3CCCCC3)n2)C1. The first-order chi connectivity index (χ1) is 21.8. The van der Waals surface area contributed by atoms with E-state index in [0.717, 1.165) is 55.8 Å². The summed E-state index contributed by atoms with van der Waals surface area (Å²) in [5, 5.41) is 14.3. The number of aliphatic hydroxyl groups is 1. The maximum Gasteiger partial charge on any atom is 0.227 e. The van der Waals surface area contributed by atoms with E-state index < -0.39 is 6.10 Å². The van der Waals surface area contributed by atoms with Crippen molar-refractivity contribution in [1.29, 1.82) is 0 Å². The summed E-state index contributed by atoms with van der Waals surface area (Å²) in [7, 11) is 0. The molecule has 13 heteroatoms. The van der Waals surface area contributed by atoms with E-state index in [1.807, 2.05) is 19.1 Å². The van der Waals surface area contributed by atoms with Crippen molar-refractivity contribution in [2.75, 3.05) is 49.5 Å². The van der Waals surface area contributed by atoms with E-state index in [0.29, 0.717) is 61.7 Å². The van der Waals surface area contributed by atoms with E-state index in [9.17, 15) is 14.7 Å². The van der Waals surface area contributed by atoms with Crippen molar-refractivity contribution >= 4 is 23.5 Å². The Morgan fingerprint density at radius 2 is 1.96 bits per heavy atom. The highest BCUT2D eigenvalue weighted by Gasteiger charge is 2.29. The average molecular weight is 619 g/mol. The minimum absolute atomic E-state index is 0.0542. The zero-order valence-corrected chi connectivity index (χ0v) is 26.1. The number of aryl methyl sites for hydroxylation is 1. The molecule has 3 aromatic rings. The lowest BCUT2D eigenvalue weighted by Gasteiger charge is -2.39. The highest BCUT2D eigenvalue weighted by atomic mass is 16.5. The van der Waals surface area contributed by atoms with Gasteiger partial charge in [0.2, 0.25) is 17.7 Å². The summed E-state index contributed by atoms with van der Waals surface area (Å²) in [4.78, 5) is 49.2. The summed E-state index contributed by atoms with van der Waals surface area (Å²) < 4.78 is 11.1. The number of Topliss-reactive ketones (excluding diaryl/α,β-unsaturated/α-hetero) is 1. The molecule has 0 aliphatic carbocycles. The van der Waals surface area contributed by atoms with Crippen molar-refractivity contribution in [3.63, 3.8) is 0 Å². The van der Waals surface area contributed by atoms with Crippen LogP contribution in [0.25, 0.3) is 0 Å². The molecule has 0 radical (unpaired) electrons. The molecule has 45 heavy (non-hydrogen) atoms. The number of hydrogen-bond acceptors (Lipinski definition) is 12. The number of oxazole rings is 1. The van der Waals surface area contributed by atoms with Gasteiger partial charge in [0.25, 0.3) is 0 Å². The zero-order chi connectivity index (χ0) is 31.3. The van der Waals surface area contributed by atoms with Gasteiger partial charge in [-0.05, 0) is 38.2 Å². The summed E-state index contributed by atoms with van der Waals surface area (Å²) in [6.45, 7) is 8.59. The van der Waals surface area contributed by atoms with Crippen molar-refractivity contribution in [2.45, 2.75) is 77.7 Å². The number of nitrogens with one attached hydrogen (secondary N) is 1. The van der Waals surface area contributed by atoms with Crippen LogP contribution in [-0.4, -0.2) is 97.9 Å². The van der Waals surface area contributed by atoms with Crippen LogP contribution in [0.15, 0.2) is 29.0 Å². The molecule has 1 amide bonds. The monoisotopic (exact) mass is 618 g/mol. The maximum absolute atomic E-state index is 13.3. The van der Waals surface area contributed by atoms with Gasteiger partial charge in [0.15, 0.2) is 17.9 Å². The Morgan fingerprint density at radius 1 is 1.13 bits per heavy atom. The van der Waals surface area contributed by atoms with Gasteiger partial charge >= 0.3 is 0 Å². The Morgan fingerprint density at radius 3 is 2.71 bits per heavy atom. The molecule has 13 nitrogen and oxygen atoms in total. The third-order valence-corrected chi connectivity index (χ3v) is 8.79. The number of likely N-dealkylation sites (tertiary alicyclic amines) is 1. The number of amides is 1. The predicted molar refractivity (Wildman–Crippen MR) is 166 cm³/mol. The van der Waals surface area contributed by atoms with Crippen molar-refractivity contribution in [3.8, 4) is 5.88 Å². The van der Waals surface area contributed by atoms with Gasteiger partial charge < -0.3 is 29.4 Å². The summed E-state index contributed by atoms with van der Waals surface area (Å²) in [6, 6.07) is 5.68. The quantitative estimate of drug-likeness (QED) is 0.287. The standard InChI is InChI=1S/C32H42N8O5/c1-21-29(45-20-33-21)19-44-31-9-6-23-15-38(13-10-26(23)35-31)18-25(42)7-8-28(43)27-14-30(34-24-16-40(17-24)22(2)41)37-32(36-27)39-11-4-3-5-12-39/h6,9,14,20,24-25,42H,3-5,7-8,10-13,15-19H2,1-2H3,(H,34,36,37). The smallest absolute Gasteiger partial charge is 0.227 e. The zero-order valence-electron chi connectivity index (χ0n) is 26.1. The molecule has 3 aliphatic rings. The Labute approximate surface area is 263 Å². The Hall–Kier alpha value is -4.10. The van der Waals surface area contributed by atoms with E-state index >= 15 is 0 Å². The largest absolute Gasteiger partial charge is 0.469 e. The molecule has 3 aliphatic heterocycles. The number of aromatic nitrogens is 4. The van der Waals surface area contributed by atoms with Crippen LogP contribution < -0.4 is 15.0 Å². The minimum Gasteiger partial charge on any atom is -0.469 e. The highest BCUT2D eigenvalue weighted by Crippen LogP contribution is 2.24. The average Bonchev–Trinajstić information content (AvgIpc) is 3.44. The summed E-state index contributed by atoms with van der Waals surface area (Å²) in [5.41, 5.74) is 3.27. The molecule has 2 fully saturated rings. The van der Waals surface area contributed by atoms with Crippen molar-refractivity contribution in [3.05, 3.63) is 53.0 Å². The van der Waals surface area contributed by atoms with E-state index in [2.05, 4.69) is 30.1 Å². The molecule has 240 valence electrons. The summed E-state index contributed by atoms with van der Waals surface area (Å²) in [5.74, 6) is 2.34. The normalized spacial score (nSPS) is 17.8. The number of pyridine rings is 1.